The second-order valence-corrected chi connectivity index (χ2v) is 6.30. The van der Waals surface area contributed by atoms with Crippen molar-refractivity contribution in [1.29, 1.82) is 0 Å². The van der Waals surface area contributed by atoms with Gasteiger partial charge in [-0.05, 0) is 38.1 Å². The summed E-state index contributed by atoms with van der Waals surface area (Å²) in [7, 11) is 0. The van der Waals surface area contributed by atoms with Gasteiger partial charge in [0.1, 0.15) is 11.6 Å². The van der Waals surface area contributed by atoms with Crippen molar-refractivity contribution in [2.24, 2.45) is 0 Å². The van der Waals surface area contributed by atoms with Gasteiger partial charge < -0.3 is 9.64 Å². The smallest absolute Gasteiger partial charge is 0.168 e. The van der Waals surface area contributed by atoms with Crippen molar-refractivity contribution in [3.63, 3.8) is 0 Å². The number of halogens is 1. The van der Waals surface area contributed by atoms with E-state index >= 15 is 0 Å². The first-order valence-corrected chi connectivity index (χ1v) is 8.34. The number of morpholine rings is 1. The summed E-state index contributed by atoms with van der Waals surface area (Å²) in [6, 6.07) is 7.60. The maximum Gasteiger partial charge on any atom is 0.168 e. The highest BCUT2D eigenvalue weighted by Crippen LogP contribution is 2.29. The maximum atomic E-state index is 6.00. The van der Waals surface area contributed by atoms with Crippen molar-refractivity contribution in [3.05, 3.63) is 40.8 Å². The predicted octanol–water partition coefficient (Wildman–Crippen LogP) is 2.92. The Hall–Kier alpha value is -2.18. The second kappa shape index (κ2) is 6.03. The van der Waals surface area contributed by atoms with E-state index in [1.807, 2.05) is 42.8 Å². The number of benzene rings is 1. The zero-order valence-corrected chi connectivity index (χ0v) is 14.4. The number of aromatic nitrogens is 4. The average Bonchev–Trinajstić information content (AvgIpc) is 2.92. The fourth-order valence-corrected chi connectivity index (χ4v) is 3.16. The summed E-state index contributed by atoms with van der Waals surface area (Å²) in [6.07, 6.45) is 0. The lowest BCUT2D eigenvalue weighted by molar-refractivity contribution is 0.122. The van der Waals surface area contributed by atoms with Crippen LogP contribution in [0.4, 0.5) is 5.82 Å². The molecule has 0 aliphatic carbocycles. The molecule has 1 aromatic carbocycles. The van der Waals surface area contributed by atoms with Gasteiger partial charge in [0.2, 0.25) is 0 Å². The lowest BCUT2D eigenvalue weighted by Crippen LogP contribution is -2.37. The number of aryl methyl sites for hydroxylation is 2. The number of rotatable bonds is 2. The van der Waals surface area contributed by atoms with Crippen LogP contribution in [-0.2, 0) is 4.74 Å². The molecular formula is C17H18ClN5O. The summed E-state index contributed by atoms with van der Waals surface area (Å²) >= 11 is 6.00. The molecule has 1 saturated heterocycles. The molecule has 4 rings (SSSR count). The van der Waals surface area contributed by atoms with Crippen LogP contribution < -0.4 is 4.90 Å². The summed E-state index contributed by atoms with van der Waals surface area (Å²) < 4.78 is 7.32. The largest absolute Gasteiger partial charge is 0.378 e. The fraction of sp³-hybridized carbons (Fsp3) is 0.353. The molecule has 3 heterocycles. The van der Waals surface area contributed by atoms with Crippen LogP contribution in [0.2, 0.25) is 5.02 Å². The highest BCUT2D eigenvalue weighted by molar-refractivity contribution is 6.30. The minimum atomic E-state index is 0.701. The molecular weight excluding hydrogens is 326 g/mol. The Morgan fingerprint density at radius 2 is 1.75 bits per heavy atom. The monoisotopic (exact) mass is 343 g/mol. The fourth-order valence-electron chi connectivity index (χ4n) is 3.03. The zero-order chi connectivity index (χ0) is 16.7. The third-order valence-corrected chi connectivity index (χ3v) is 4.43. The molecule has 0 saturated carbocycles. The van der Waals surface area contributed by atoms with E-state index in [1.54, 1.807) is 0 Å². The number of ether oxygens (including phenoxy) is 1. The second-order valence-electron chi connectivity index (χ2n) is 5.87. The zero-order valence-electron chi connectivity index (χ0n) is 13.7. The summed E-state index contributed by atoms with van der Waals surface area (Å²) in [6.45, 7) is 7.01. The Labute approximate surface area is 145 Å². The molecule has 0 radical (unpaired) electrons. The van der Waals surface area contributed by atoms with Gasteiger partial charge >= 0.3 is 0 Å². The molecule has 3 aromatic rings. The van der Waals surface area contributed by atoms with E-state index in [9.17, 15) is 0 Å². The van der Waals surface area contributed by atoms with Crippen molar-refractivity contribution in [1.82, 2.24) is 19.7 Å². The highest BCUT2D eigenvalue weighted by atomic mass is 35.5. The van der Waals surface area contributed by atoms with E-state index < -0.39 is 0 Å². The van der Waals surface area contributed by atoms with Crippen molar-refractivity contribution in [3.8, 4) is 5.69 Å². The standard InChI is InChI=1S/C17H18ClN5O/c1-11-15-16(22-7-9-24-10-8-22)19-12(2)20-17(15)23(21-11)14-5-3-13(18)4-6-14/h3-6H,7-10H2,1-2H3. The van der Waals surface area contributed by atoms with Crippen LogP contribution in [0, 0.1) is 13.8 Å². The van der Waals surface area contributed by atoms with Gasteiger partial charge in [0, 0.05) is 18.1 Å². The van der Waals surface area contributed by atoms with Crippen LogP contribution in [0.25, 0.3) is 16.7 Å². The van der Waals surface area contributed by atoms with Crippen molar-refractivity contribution >= 4 is 28.5 Å². The molecule has 1 fully saturated rings. The van der Waals surface area contributed by atoms with E-state index in [4.69, 9.17) is 26.4 Å². The van der Waals surface area contributed by atoms with Gasteiger partial charge in [-0.3, -0.25) is 0 Å². The molecule has 6 nitrogen and oxygen atoms in total. The third kappa shape index (κ3) is 2.61. The van der Waals surface area contributed by atoms with Crippen LogP contribution in [0.15, 0.2) is 24.3 Å². The van der Waals surface area contributed by atoms with Gasteiger partial charge in [0.25, 0.3) is 0 Å². The van der Waals surface area contributed by atoms with Gasteiger partial charge in [-0.2, -0.15) is 5.10 Å². The van der Waals surface area contributed by atoms with Gasteiger partial charge in [-0.15, -0.1) is 0 Å². The average molecular weight is 344 g/mol. The van der Waals surface area contributed by atoms with Crippen LogP contribution in [0.3, 0.4) is 0 Å². The van der Waals surface area contributed by atoms with Gasteiger partial charge in [-0.25, -0.2) is 14.6 Å². The van der Waals surface area contributed by atoms with Gasteiger partial charge in [0.05, 0.1) is 30.0 Å². The predicted molar refractivity (Wildman–Crippen MR) is 94.2 cm³/mol. The molecule has 7 heteroatoms. The van der Waals surface area contributed by atoms with Crippen LogP contribution in [-0.4, -0.2) is 46.1 Å². The highest BCUT2D eigenvalue weighted by Gasteiger charge is 2.21. The Balaban J connectivity index is 1.91. The van der Waals surface area contributed by atoms with E-state index in [2.05, 4.69) is 9.88 Å². The Kier molecular flexibility index (Phi) is 3.86. The van der Waals surface area contributed by atoms with Crippen LogP contribution >= 0.6 is 11.6 Å². The van der Waals surface area contributed by atoms with Gasteiger partial charge in [-0.1, -0.05) is 11.6 Å². The molecule has 124 valence electrons. The first kappa shape index (κ1) is 15.4. The minimum Gasteiger partial charge on any atom is -0.378 e. The first-order valence-electron chi connectivity index (χ1n) is 7.96. The summed E-state index contributed by atoms with van der Waals surface area (Å²) in [5, 5.41) is 6.40. The van der Waals surface area contributed by atoms with Crippen molar-refractivity contribution in [2.45, 2.75) is 13.8 Å². The maximum absolute atomic E-state index is 6.00. The van der Waals surface area contributed by atoms with E-state index in [1.165, 1.54) is 0 Å². The molecule has 0 spiro atoms. The topological polar surface area (TPSA) is 56.1 Å². The number of fused-ring (bicyclic) bond motifs is 1. The minimum absolute atomic E-state index is 0.701. The first-order chi connectivity index (χ1) is 11.6. The van der Waals surface area contributed by atoms with Crippen molar-refractivity contribution < 1.29 is 4.74 Å². The summed E-state index contributed by atoms with van der Waals surface area (Å²) in [4.78, 5) is 11.6. The van der Waals surface area contributed by atoms with E-state index in [0.29, 0.717) is 5.02 Å². The molecule has 0 atom stereocenters. The number of anilines is 1. The quantitative estimate of drug-likeness (QED) is 0.716. The molecule has 24 heavy (non-hydrogen) atoms. The number of hydrogen-bond donors (Lipinski definition) is 0. The van der Waals surface area contributed by atoms with E-state index in [0.717, 1.165) is 60.4 Å². The lowest BCUT2D eigenvalue weighted by atomic mass is 10.2. The Bertz CT molecular complexity index is 884. The molecule has 0 bridgehead atoms. The van der Waals surface area contributed by atoms with Crippen LogP contribution in [0.5, 0.6) is 0 Å². The Morgan fingerprint density at radius 3 is 2.46 bits per heavy atom. The molecule has 0 N–H and O–H groups in total. The molecule has 0 amide bonds. The Morgan fingerprint density at radius 1 is 1.04 bits per heavy atom. The van der Waals surface area contributed by atoms with E-state index in [-0.39, 0.29) is 0 Å². The number of hydrogen-bond acceptors (Lipinski definition) is 5. The third-order valence-electron chi connectivity index (χ3n) is 4.18. The summed E-state index contributed by atoms with van der Waals surface area (Å²) in [5.74, 6) is 1.68. The molecule has 1 aliphatic heterocycles. The van der Waals surface area contributed by atoms with Crippen molar-refractivity contribution in [2.75, 3.05) is 31.2 Å². The number of nitrogens with zero attached hydrogens (tertiary/aromatic N) is 5. The van der Waals surface area contributed by atoms with Crippen LogP contribution in [0.1, 0.15) is 11.5 Å². The molecule has 1 aliphatic rings. The lowest BCUT2D eigenvalue weighted by Gasteiger charge is -2.28. The molecule has 2 aromatic heterocycles. The molecule has 0 unspecified atom stereocenters. The normalized spacial score (nSPS) is 15.2. The summed E-state index contributed by atoms with van der Waals surface area (Å²) in [5.41, 5.74) is 2.67. The van der Waals surface area contributed by atoms with Gasteiger partial charge in [0.15, 0.2) is 5.65 Å². The SMILES string of the molecule is Cc1nc(N2CCOCC2)c2c(C)nn(-c3ccc(Cl)cc3)c2n1.